The molecule has 0 bridgehead atoms. The van der Waals surface area contributed by atoms with Crippen LogP contribution < -0.4 is 16.8 Å². The van der Waals surface area contributed by atoms with Crippen molar-refractivity contribution in [2.24, 2.45) is 0 Å². The van der Waals surface area contributed by atoms with Crippen molar-refractivity contribution in [2.45, 2.75) is 6.10 Å². The minimum absolute atomic E-state index is 0.305. The fraction of sp³-hybridized carbons (Fsp3) is 0.0870. The number of para-hydroxylation sites is 2. The van der Waals surface area contributed by atoms with Gasteiger partial charge in [-0.2, -0.15) is 0 Å². The molecular weight excluding hydrogens is 396 g/mol. The van der Waals surface area contributed by atoms with Gasteiger partial charge in [0, 0.05) is 30.6 Å². The molecule has 2 heterocycles. The number of pyridine rings is 1. The zero-order valence-corrected chi connectivity index (χ0v) is 16.7. The Labute approximate surface area is 177 Å². The molecule has 0 fully saturated rings. The molecule has 31 heavy (non-hydrogen) atoms. The standard InChI is InChI=1S/C23H20N4O4/c1-30-21(16-5-4-12-25-13-16)20-14-27(23(29)31-20)17-10-8-15(9-11-17)22(28)26-19-7-3-2-6-18(19)24/h2-14,21H,24H2,1H3,(H,26,28). The van der Waals surface area contributed by atoms with E-state index in [1.807, 2.05) is 6.07 Å². The molecule has 1 unspecified atom stereocenters. The highest BCUT2D eigenvalue weighted by atomic mass is 16.5. The Morgan fingerprint density at radius 2 is 1.90 bits per heavy atom. The number of nitrogens with zero attached hydrogens (tertiary/aromatic N) is 2. The second-order valence-electron chi connectivity index (χ2n) is 6.76. The molecule has 4 aromatic rings. The van der Waals surface area contributed by atoms with E-state index in [-0.39, 0.29) is 5.91 Å². The zero-order chi connectivity index (χ0) is 21.8. The molecule has 4 rings (SSSR count). The number of rotatable bonds is 6. The van der Waals surface area contributed by atoms with Gasteiger partial charge in [0.25, 0.3) is 5.91 Å². The van der Waals surface area contributed by atoms with E-state index in [9.17, 15) is 9.59 Å². The Bertz CT molecular complexity index is 1250. The molecule has 0 aliphatic rings. The molecule has 156 valence electrons. The number of oxazole rings is 1. The average Bonchev–Trinajstić information content (AvgIpc) is 3.18. The fourth-order valence-corrected chi connectivity index (χ4v) is 3.18. The van der Waals surface area contributed by atoms with Gasteiger partial charge in [0.15, 0.2) is 5.76 Å². The van der Waals surface area contributed by atoms with Crippen molar-refractivity contribution in [3.8, 4) is 5.69 Å². The lowest BCUT2D eigenvalue weighted by Crippen LogP contribution is -2.14. The number of benzene rings is 2. The van der Waals surface area contributed by atoms with Crippen molar-refractivity contribution in [1.29, 1.82) is 0 Å². The van der Waals surface area contributed by atoms with E-state index in [2.05, 4.69) is 10.3 Å². The lowest BCUT2D eigenvalue weighted by molar-refractivity contribution is 0.102. The van der Waals surface area contributed by atoms with Crippen molar-refractivity contribution in [3.63, 3.8) is 0 Å². The van der Waals surface area contributed by atoms with Gasteiger partial charge >= 0.3 is 5.76 Å². The minimum Gasteiger partial charge on any atom is -0.409 e. The molecule has 8 nitrogen and oxygen atoms in total. The summed E-state index contributed by atoms with van der Waals surface area (Å²) >= 11 is 0. The van der Waals surface area contributed by atoms with E-state index in [0.29, 0.717) is 28.4 Å². The van der Waals surface area contributed by atoms with Crippen LogP contribution in [0.25, 0.3) is 5.69 Å². The number of anilines is 2. The van der Waals surface area contributed by atoms with Gasteiger partial charge in [-0.05, 0) is 42.5 Å². The Kier molecular flexibility index (Phi) is 5.63. The van der Waals surface area contributed by atoms with Crippen LogP contribution in [-0.2, 0) is 4.74 Å². The molecule has 0 saturated heterocycles. The molecule has 1 atom stereocenters. The summed E-state index contributed by atoms with van der Waals surface area (Å²) in [5, 5.41) is 2.77. The number of nitrogens with one attached hydrogen (secondary N) is 1. The van der Waals surface area contributed by atoms with Gasteiger partial charge in [-0.3, -0.25) is 9.78 Å². The van der Waals surface area contributed by atoms with Gasteiger partial charge in [-0.25, -0.2) is 9.36 Å². The summed E-state index contributed by atoms with van der Waals surface area (Å²) in [6.07, 6.45) is 4.31. The minimum atomic E-state index is -0.566. The Morgan fingerprint density at radius 3 is 2.58 bits per heavy atom. The number of ether oxygens (including phenoxy) is 1. The second kappa shape index (κ2) is 8.68. The number of amides is 1. The summed E-state index contributed by atoms with van der Waals surface area (Å²) in [7, 11) is 1.53. The smallest absolute Gasteiger partial charge is 0.409 e. The van der Waals surface area contributed by atoms with Crippen LogP contribution in [0, 0.1) is 0 Å². The molecule has 8 heteroatoms. The molecule has 2 aromatic heterocycles. The topological polar surface area (TPSA) is 112 Å². The van der Waals surface area contributed by atoms with E-state index >= 15 is 0 Å². The number of nitrogens with two attached hydrogens (primary N) is 1. The van der Waals surface area contributed by atoms with Crippen molar-refractivity contribution < 1.29 is 13.9 Å². The molecule has 0 aliphatic heterocycles. The first-order valence-corrected chi connectivity index (χ1v) is 9.48. The number of methoxy groups -OCH3 is 1. The van der Waals surface area contributed by atoms with Gasteiger partial charge in [0.2, 0.25) is 0 Å². The van der Waals surface area contributed by atoms with E-state index in [4.69, 9.17) is 14.9 Å². The Hall–Kier alpha value is -4.17. The van der Waals surface area contributed by atoms with Crippen LogP contribution in [0.5, 0.6) is 0 Å². The summed E-state index contributed by atoms with van der Waals surface area (Å²) in [5.41, 5.74) is 8.62. The Balaban J connectivity index is 1.56. The largest absolute Gasteiger partial charge is 0.423 e. The highest BCUT2D eigenvalue weighted by Gasteiger charge is 2.20. The molecular formula is C23H20N4O4. The summed E-state index contributed by atoms with van der Waals surface area (Å²) in [5.74, 6) is -0.516. The van der Waals surface area contributed by atoms with Gasteiger partial charge in [0.1, 0.15) is 6.10 Å². The average molecular weight is 416 g/mol. The van der Waals surface area contributed by atoms with Crippen LogP contribution in [0.15, 0.2) is 88.5 Å². The quantitative estimate of drug-likeness (QED) is 0.466. The number of carbonyl (C=O) groups is 1. The maximum absolute atomic E-state index is 12.5. The highest BCUT2D eigenvalue weighted by Crippen LogP contribution is 2.25. The number of nitrogen functional groups attached to an aromatic ring is 1. The van der Waals surface area contributed by atoms with Gasteiger partial charge < -0.3 is 20.2 Å². The second-order valence-corrected chi connectivity index (χ2v) is 6.76. The lowest BCUT2D eigenvalue weighted by Gasteiger charge is -2.11. The molecule has 1 amide bonds. The van der Waals surface area contributed by atoms with Crippen LogP contribution in [0.2, 0.25) is 0 Å². The van der Waals surface area contributed by atoms with E-state index in [1.54, 1.807) is 73.2 Å². The number of hydrogen-bond acceptors (Lipinski definition) is 6. The van der Waals surface area contributed by atoms with Crippen LogP contribution in [0.3, 0.4) is 0 Å². The normalized spacial score (nSPS) is 11.8. The summed E-state index contributed by atoms with van der Waals surface area (Å²) in [6.45, 7) is 0. The van der Waals surface area contributed by atoms with E-state index in [1.165, 1.54) is 11.7 Å². The first kappa shape index (κ1) is 20.1. The Morgan fingerprint density at radius 1 is 1.13 bits per heavy atom. The van der Waals surface area contributed by atoms with Crippen LogP contribution in [-0.4, -0.2) is 22.6 Å². The monoisotopic (exact) mass is 416 g/mol. The van der Waals surface area contributed by atoms with Gasteiger partial charge in [-0.1, -0.05) is 18.2 Å². The van der Waals surface area contributed by atoms with Gasteiger partial charge in [-0.15, -0.1) is 0 Å². The van der Waals surface area contributed by atoms with Crippen molar-refractivity contribution in [1.82, 2.24) is 9.55 Å². The van der Waals surface area contributed by atoms with Crippen LogP contribution >= 0.6 is 0 Å². The lowest BCUT2D eigenvalue weighted by atomic mass is 10.1. The molecule has 3 N–H and O–H groups in total. The third-order valence-corrected chi connectivity index (χ3v) is 4.76. The van der Waals surface area contributed by atoms with Gasteiger partial charge in [0.05, 0.1) is 23.3 Å². The first-order valence-electron chi connectivity index (χ1n) is 9.48. The van der Waals surface area contributed by atoms with Crippen molar-refractivity contribution in [3.05, 3.63) is 107 Å². The van der Waals surface area contributed by atoms with E-state index in [0.717, 1.165) is 5.56 Å². The molecule has 2 aromatic carbocycles. The number of aromatic nitrogens is 2. The maximum Gasteiger partial charge on any atom is 0.423 e. The predicted octanol–water partition coefficient (Wildman–Crippen LogP) is 3.40. The fourth-order valence-electron chi connectivity index (χ4n) is 3.18. The third kappa shape index (κ3) is 4.24. The maximum atomic E-state index is 12.5. The summed E-state index contributed by atoms with van der Waals surface area (Å²) in [6, 6.07) is 17.2. The van der Waals surface area contributed by atoms with E-state index < -0.39 is 11.9 Å². The molecule has 0 saturated carbocycles. The van der Waals surface area contributed by atoms with Crippen LogP contribution in [0.1, 0.15) is 27.8 Å². The predicted molar refractivity (Wildman–Crippen MR) is 116 cm³/mol. The highest BCUT2D eigenvalue weighted by molar-refractivity contribution is 6.05. The zero-order valence-electron chi connectivity index (χ0n) is 16.7. The summed E-state index contributed by atoms with van der Waals surface area (Å²) in [4.78, 5) is 29.0. The molecule has 0 spiro atoms. The molecule has 0 aliphatic carbocycles. The summed E-state index contributed by atoms with van der Waals surface area (Å²) < 4.78 is 12.3. The third-order valence-electron chi connectivity index (χ3n) is 4.76. The number of hydrogen-bond donors (Lipinski definition) is 2. The molecule has 0 radical (unpaired) electrons. The number of carbonyl (C=O) groups excluding carboxylic acids is 1. The SMILES string of the molecule is COC(c1cccnc1)c1cn(-c2ccc(C(=O)Nc3ccccc3N)cc2)c(=O)o1. The first-order chi connectivity index (χ1) is 15.1. The van der Waals surface area contributed by atoms with Crippen LogP contribution in [0.4, 0.5) is 11.4 Å². The van der Waals surface area contributed by atoms with Crippen molar-refractivity contribution >= 4 is 17.3 Å². The van der Waals surface area contributed by atoms with Crippen molar-refractivity contribution in [2.75, 3.05) is 18.2 Å².